The predicted octanol–water partition coefficient (Wildman–Crippen LogP) is 3.34. The Morgan fingerprint density at radius 2 is 1.93 bits per heavy atom. The first-order valence-corrected chi connectivity index (χ1v) is 13.9. The highest BCUT2D eigenvalue weighted by Crippen LogP contribution is 2.32. The average Bonchev–Trinajstić information content (AvgIpc) is 3.43. The van der Waals surface area contributed by atoms with Crippen LogP contribution >= 0.6 is 0 Å². The number of aromatic nitrogens is 5. The number of piperidine rings is 1. The number of aliphatic carboxylic acids is 1. The molecule has 2 aliphatic heterocycles. The molecule has 0 spiro atoms. The van der Waals surface area contributed by atoms with Crippen LogP contribution in [0.25, 0.3) is 11.2 Å². The number of ether oxygens (including phenoxy) is 1. The number of carboxylic acid groups (broad SMARTS) is 1. The molecule has 0 radical (unpaired) electrons. The summed E-state index contributed by atoms with van der Waals surface area (Å²) in [5.74, 6) is 0.928. The number of carbonyl (C=O) groups excluding carboxylic acids is 1. The van der Waals surface area contributed by atoms with E-state index in [0.29, 0.717) is 17.1 Å². The number of amides is 1. The van der Waals surface area contributed by atoms with Crippen LogP contribution in [0.1, 0.15) is 42.0 Å². The van der Waals surface area contributed by atoms with Crippen LogP contribution in [0, 0.1) is 0 Å². The summed E-state index contributed by atoms with van der Waals surface area (Å²) >= 11 is 0. The van der Waals surface area contributed by atoms with Gasteiger partial charge in [0.05, 0.1) is 12.9 Å². The molecule has 4 aromatic rings. The fourth-order valence-corrected chi connectivity index (χ4v) is 5.48. The second-order valence-corrected chi connectivity index (χ2v) is 10.4. The minimum atomic E-state index is -1.23. The average molecular weight is 557 g/mol. The third-order valence-corrected chi connectivity index (χ3v) is 7.69. The Balaban J connectivity index is 1.11. The van der Waals surface area contributed by atoms with Crippen molar-refractivity contribution in [2.45, 2.75) is 50.8 Å². The fourth-order valence-electron chi connectivity index (χ4n) is 5.48. The van der Waals surface area contributed by atoms with Crippen LogP contribution in [-0.4, -0.2) is 67.3 Å². The molecular formula is C29H32N8O4. The molecule has 6 rings (SSSR count). The monoisotopic (exact) mass is 556 g/mol. The number of imidazole rings is 1. The number of pyridine rings is 1. The second kappa shape index (κ2) is 11.8. The topological polar surface area (TPSA) is 147 Å². The van der Waals surface area contributed by atoms with Crippen LogP contribution in [0.15, 0.2) is 55.1 Å². The third-order valence-electron chi connectivity index (χ3n) is 7.69. The van der Waals surface area contributed by atoms with E-state index in [1.165, 1.54) is 18.2 Å². The molecule has 5 heterocycles. The molecule has 1 unspecified atom stereocenters. The van der Waals surface area contributed by atoms with E-state index in [0.717, 1.165) is 68.2 Å². The van der Waals surface area contributed by atoms with Gasteiger partial charge in [-0.1, -0.05) is 36.4 Å². The molecule has 3 N–H and O–H groups in total. The summed E-state index contributed by atoms with van der Waals surface area (Å²) in [6.45, 7) is 2.53. The largest absolute Gasteiger partial charge is 0.480 e. The normalized spacial score (nSPS) is 16.0. The number of hydrogen-bond acceptors (Lipinski definition) is 9. The first kappa shape index (κ1) is 26.5. The van der Waals surface area contributed by atoms with Gasteiger partial charge in [-0.15, -0.1) is 0 Å². The summed E-state index contributed by atoms with van der Waals surface area (Å²) in [5, 5.41) is 15.6. The molecular weight excluding hydrogens is 524 g/mol. The summed E-state index contributed by atoms with van der Waals surface area (Å²) in [4.78, 5) is 44.8. The number of carbonyl (C=O) groups is 2. The van der Waals surface area contributed by atoms with Gasteiger partial charge in [-0.3, -0.25) is 0 Å². The summed E-state index contributed by atoms with van der Waals surface area (Å²) < 4.78 is 6.82. The lowest BCUT2D eigenvalue weighted by Crippen LogP contribution is -2.43. The Labute approximate surface area is 236 Å². The van der Waals surface area contributed by atoms with Gasteiger partial charge >= 0.3 is 12.1 Å². The molecule has 1 atom stereocenters. The highest BCUT2D eigenvalue weighted by Gasteiger charge is 2.27. The standard InChI is InChI=1S/C29H32N8O4/c38-28(39)23(35-29(40)41-16-19-5-2-1-3-6-19)15-37-18-33-24-26(31-17-32-27(24)37)36-13-10-20(11-14-36)22-9-8-21-7-4-12-30-25(21)34-22/h1-3,5-6,8-9,17-18,20,23H,4,7,10-16H2,(H,30,34)(H,35,40)(H,38,39). The third kappa shape index (κ3) is 5.91. The molecule has 0 aliphatic carbocycles. The maximum atomic E-state index is 12.3. The number of rotatable bonds is 8. The second-order valence-electron chi connectivity index (χ2n) is 10.4. The zero-order chi connectivity index (χ0) is 28.2. The van der Waals surface area contributed by atoms with Crippen molar-refractivity contribution >= 4 is 34.9 Å². The lowest BCUT2D eigenvalue weighted by Gasteiger charge is -2.33. The SMILES string of the molecule is O=C(NC(Cn1cnc2c(N3CCC(c4ccc5c(n4)NCCC5)CC3)ncnc21)C(=O)O)OCc1ccccc1. The Hall–Kier alpha value is -4.74. The van der Waals surface area contributed by atoms with E-state index in [9.17, 15) is 14.7 Å². The van der Waals surface area contributed by atoms with Gasteiger partial charge in [0.2, 0.25) is 0 Å². The van der Waals surface area contributed by atoms with Crippen molar-refractivity contribution in [2.24, 2.45) is 0 Å². The van der Waals surface area contributed by atoms with Crippen LogP contribution < -0.4 is 15.5 Å². The Bertz CT molecular complexity index is 1530. The van der Waals surface area contributed by atoms with Gasteiger partial charge < -0.3 is 29.9 Å². The summed E-state index contributed by atoms with van der Waals surface area (Å²) in [5.41, 5.74) is 4.33. The van der Waals surface area contributed by atoms with Crippen LogP contribution in [0.3, 0.4) is 0 Å². The van der Waals surface area contributed by atoms with E-state index in [-0.39, 0.29) is 13.2 Å². The number of hydrogen-bond donors (Lipinski definition) is 3. The van der Waals surface area contributed by atoms with E-state index in [1.54, 1.807) is 4.57 Å². The predicted molar refractivity (Wildman–Crippen MR) is 152 cm³/mol. The number of aryl methyl sites for hydroxylation is 1. The first-order chi connectivity index (χ1) is 20.0. The molecule has 0 saturated carbocycles. The number of nitrogens with one attached hydrogen (secondary N) is 2. The van der Waals surface area contributed by atoms with E-state index < -0.39 is 18.1 Å². The minimum Gasteiger partial charge on any atom is -0.480 e. The quantitative estimate of drug-likeness (QED) is 0.295. The zero-order valence-electron chi connectivity index (χ0n) is 22.6. The van der Waals surface area contributed by atoms with Crippen LogP contribution in [-0.2, 0) is 29.1 Å². The van der Waals surface area contributed by atoms with Crippen LogP contribution in [0.2, 0.25) is 0 Å². The molecule has 0 bridgehead atoms. The number of nitrogens with zero attached hydrogens (tertiary/aromatic N) is 6. The van der Waals surface area contributed by atoms with Gasteiger partial charge in [0.25, 0.3) is 0 Å². The van der Waals surface area contributed by atoms with Crippen molar-refractivity contribution in [1.29, 1.82) is 0 Å². The van der Waals surface area contributed by atoms with Gasteiger partial charge in [-0.25, -0.2) is 29.5 Å². The maximum Gasteiger partial charge on any atom is 0.408 e. The molecule has 1 saturated heterocycles. The van der Waals surface area contributed by atoms with Crippen molar-refractivity contribution in [3.63, 3.8) is 0 Å². The molecule has 41 heavy (non-hydrogen) atoms. The van der Waals surface area contributed by atoms with E-state index in [2.05, 4.69) is 42.6 Å². The molecule has 3 aromatic heterocycles. The molecule has 12 heteroatoms. The number of alkyl carbamates (subject to hydrolysis) is 1. The Morgan fingerprint density at radius 3 is 2.73 bits per heavy atom. The van der Waals surface area contributed by atoms with Gasteiger partial charge in [0.1, 0.15) is 24.8 Å². The van der Waals surface area contributed by atoms with Gasteiger partial charge in [-0.05, 0) is 42.9 Å². The zero-order valence-corrected chi connectivity index (χ0v) is 22.6. The lowest BCUT2D eigenvalue weighted by atomic mass is 9.92. The number of benzene rings is 1. The van der Waals surface area contributed by atoms with Crippen molar-refractivity contribution in [3.05, 3.63) is 71.9 Å². The Kier molecular flexibility index (Phi) is 7.61. The molecule has 2 aliphatic rings. The Morgan fingerprint density at radius 1 is 1.10 bits per heavy atom. The van der Waals surface area contributed by atoms with Gasteiger partial charge in [0, 0.05) is 31.2 Å². The highest BCUT2D eigenvalue weighted by atomic mass is 16.5. The van der Waals surface area contributed by atoms with Crippen LogP contribution in [0.5, 0.6) is 0 Å². The van der Waals surface area contributed by atoms with E-state index in [4.69, 9.17) is 9.72 Å². The minimum absolute atomic E-state index is 0.0414. The maximum absolute atomic E-state index is 12.3. The van der Waals surface area contributed by atoms with Crippen molar-refractivity contribution in [3.8, 4) is 0 Å². The molecule has 212 valence electrons. The number of carboxylic acids is 1. The van der Waals surface area contributed by atoms with Gasteiger partial charge in [0.15, 0.2) is 17.0 Å². The smallest absolute Gasteiger partial charge is 0.408 e. The highest BCUT2D eigenvalue weighted by molar-refractivity contribution is 5.84. The molecule has 1 aromatic carbocycles. The van der Waals surface area contributed by atoms with Crippen molar-refractivity contribution in [1.82, 2.24) is 29.8 Å². The number of anilines is 2. The van der Waals surface area contributed by atoms with Crippen LogP contribution in [0.4, 0.5) is 16.4 Å². The van der Waals surface area contributed by atoms with Gasteiger partial charge in [-0.2, -0.15) is 0 Å². The van der Waals surface area contributed by atoms with Crippen molar-refractivity contribution in [2.75, 3.05) is 29.9 Å². The molecule has 12 nitrogen and oxygen atoms in total. The van der Waals surface area contributed by atoms with E-state index >= 15 is 0 Å². The lowest BCUT2D eigenvalue weighted by molar-refractivity contribution is -0.139. The van der Waals surface area contributed by atoms with E-state index in [1.807, 2.05) is 30.3 Å². The fraction of sp³-hybridized carbons (Fsp3) is 0.379. The summed E-state index contributed by atoms with van der Waals surface area (Å²) in [6.07, 6.45) is 6.29. The summed E-state index contributed by atoms with van der Waals surface area (Å²) in [7, 11) is 0. The number of fused-ring (bicyclic) bond motifs is 2. The first-order valence-electron chi connectivity index (χ1n) is 13.9. The summed E-state index contributed by atoms with van der Waals surface area (Å²) in [6, 6.07) is 12.3. The molecule has 1 amide bonds. The van der Waals surface area contributed by atoms with Crippen molar-refractivity contribution < 1.29 is 19.4 Å². The molecule has 1 fully saturated rings.